The number of fused-ring (bicyclic) bond motifs is 1. The van der Waals surface area contributed by atoms with Crippen LogP contribution in [0.5, 0.6) is 0 Å². The van der Waals surface area contributed by atoms with Crippen molar-refractivity contribution >= 4 is 44.2 Å². The van der Waals surface area contributed by atoms with Crippen LogP contribution in [0.1, 0.15) is 39.0 Å². The van der Waals surface area contributed by atoms with Crippen molar-refractivity contribution in [2.75, 3.05) is 10.6 Å². The Morgan fingerprint density at radius 1 is 1.07 bits per heavy atom. The molecular weight excluding hydrogens is 386 g/mol. The lowest BCUT2D eigenvalue weighted by atomic mass is 10.1. The molecule has 2 amide bonds. The highest BCUT2D eigenvalue weighted by atomic mass is 32.1. The fourth-order valence-corrected chi connectivity index (χ4v) is 3.83. The van der Waals surface area contributed by atoms with Gasteiger partial charge < -0.3 is 9.73 Å². The number of benzene rings is 2. The van der Waals surface area contributed by atoms with E-state index in [2.05, 4.69) is 28.6 Å². The summed E-state index contributed by atoms with van der Waals surface area (Å²) in [6, 6.07) is 14.5. The lowest BCUT2D eigenvalue weighted by molar-refractivity contribution is 0.0993. The number of thiazole rings is 1. The van der Waals surface area contributed by atoms with Crippen LogP contribution >= 0.6 is 11.3 Å². The predicted molar refractivity (Wildman–Crippen MR) is 115 cm³/mol. The van der Waals surface area contributed by atoms with Crippen molar-refractivity contribution in [2.45, 2.75) is 20.3 Å². The SMILES string of the molecule is CCc1ccc2nc(NC(=O)c3ccc(C)c(NC(=O)c4ccco4)c3)sc2c1. The molecule has 2 heterocycles. The zero-order chi connectivity index (χ0) is 20.4. The molecule has 146 valence electrons. The minimum Gasteiger partial charge on any atom is -0.459 e. The molecule has 2 N–H and O–H groups in total. The van der Waals surface area contributed by atoms with Gasteiger partial charge in [-0.05, 0) is 60.9 Å². The van der Waals surface area contributed by atoms with Crippen molar-refractivity contribution in [2.24, 2.45) is 0 Å². The first kappa shape index (κ1) is 18.9. The van der Waals surface area contributed by atoms with Crippen molar-refractivity contribution in [3.05, 3.63) is 77.2 Å². The van der Waals surface area contributed by atoms with Crippen molar-refractivity contribution < 1.29 is 14.0 Å². The average molecular weight is 405 g/mol. The molecule has 0 atom stereocenters. The van der Waals surface area contributed by atoms with Crippen LogP contribution in [0.4, 0.5) is 10.8 Å². The molecule has 0 saturated carbocycles. The molecule has 0 aliphatic heterocycles. The summed E-state index contributed by atoms with van der Waals surface area (Å²) in [5, 5.41) is 6.17. The number of anilines is 2. The van der Waals surface area contributed by atoms with Crippen LogP contribution in [0.3, 0.4) is 0 Å². The van der Waals surface area contributed by atoms with E-state index in [0.717, 1.165) is 22.2 Å². The van der Waals surface area contributed by atoms with Gasteiger partial charge in [0.25, 0.3) is 11.8 Å². The van der Waals surface area contributed by atoms with Gasteiger partial charge in [0.2, 0.25) is 0 Å². The van der Waals surface area contributed by atoms with Gasteiger partial charge in [0.1, 0.15) is 0 Å². The molecule has 0 fully saturated rings. The van der Waals surface area contributed by atoms with Crippen molar-refractivity contribution in [3.63, 3.8) is 0 Å². The molecular formula is C22H19N3O3S. The third kappa shape index (κ3) is 4.05. The van der Waals surface area contributed by atoms with E-state index in [4.69, 9.17) is 4.42 Å². The number of carbonyl (C=O) groups is 2. The molecule has 0 aliphatic rings. The number of aryl methyl sites for hydroxylation is 2. The second-order valence-electron chi connectivity index (χ2n) is 6.59. The largest absolute Gasteiger partial charge is 0.459 e. The smallest absolute Gasteiger partial charge is 0.291 e. The number of hydrogen-bond donors (Lipinski definition) is 2. The van der Waals surface area contributed by atoms with Crippen LogP contribution in [-0.2, 0) is 6.42 Å². The zero-order valence-corrected chi connectivity index (χ0v) is 16.8. The van der Waals surface area contributed by atoms with E-state index in [9.17, 15) is 9.59 Å². The van der Waals surface area contributed by atoms with Crippen LogP contribution < -0.4 is 10.6 Å². The van der Waals surface area contributed by atoms with Crippen molar-refractivity contribution in [3.8, 4) is 0 Å². The highest BCUT2D eigenvalue weighted by molar-refractivity contribution is 7.22. The maximum Gasteiger partial charge on any atom is 0.291 e. The first-order valence-electron chi connectivity index (χ1n) is 9.20. The first-order valence-corrected chi connectivity index (χ1v) is 10.0. The molecule has 0 aliphatic carbocycles. The Bertz CT molecular complexity index is 1200. The number of rotatable bonds is 5. The predicted octanol–water partition coefficient (Wildman–Crippen LogP) is 5.26. The second kappa shape index (κ2) is 7.89. The third-order valence-electron chi connectivity index (χ3n) is 4.57. The molecule has 0 spiro atoms. The van der Waals surface area contributed by atoms with Gasteiger partial charge in [0.05, 0.1) is 16.5 Å². The minimum absolute atomic E-state index is 0.208. The summed E-state index contributed by atoms with van der Waals surface area (Å²) >= 11 is 1.44. The highest BCUT2D eigenvalue weighted by Crippen LogP contribution is 2.28. The molecule has 4 rings (SSSR count). The minimum atomic E-state index is -0.367. The number of nitrogens with zero attached hydrogens (tertiary/aromatic N) is 1. The van der Waals surface area contributed by atoms with E-state index < -0.39 is 0 Å². The van der Waals surface area contributed by atoms with Gasteiger partial charge >= 0.3 is 0 Å². The Kier molecular flexibility index (Phi) is 5.14. The fraction of sp³-hybridized carbons (Fsp3) is 0.136. The number of aromatic nitrogens is 1. The van der Waals surface area contributed by atoms with Crippen LogP contribution in [-0.4, -0.2) is 16.8 Å². The van der Waals surface area contributed by atoms with E-state index in [-0.39, 0.29) is 17.6 Å². The van der Waals surface area contributed by atoms with E-state index in [1.54, 1.807) is 30.3 Å². The number of amides is 2. The van der Waals surface area contributed by atoms with Gasteiger partial charge in [-0.2, -0.15) is 0 Å². The summed E-state index contributed by atoms with van der Waals surface area (Å²) in [5.41, 5.74) is 3.91. The first-order chi connectivity index (χ1) is 14.0. The molecule has 29 heavy (non-hydrogen) atoms. The van der Waals surface area contributed by atoms with Gasteiger partial charge in [-0.1, -0.05) is 30.4 Å². The summed E-state index contributed by atoms with van der Waals surface area (Å²) in [5.74, 6) is -0.443. The van der Waals surface area contributed by atoms with E-state index in [1.165, 1.54) is 23.2 Å². The molecule has 2 aromatic heterocycles. The van der Waals surface area contributed by atoms with Crippen LogP contribution in [0, 0.1) is 6.92 Å². The molecule has 0 radical (unpaired) electrons. The average Bonchev–Trinajstić information content (AvgIpc) is 3.38. The van der Waals surface area contributed by atoms with Gasteiger partial charge in [-0.25, -0.2) is 4.98 Å². The molecule has 2 aromatic carbocycles. The maximum absolute atomic E-state index is 12.7. The molecule has 0 unspecified atom stereocenters. The lowest BCUT2D eigenvalue weighted by Gasteiger charge is -2.09. The summed E-state index contributed by atoms with van der Waals surface area (Å²) in [6.07, 6.45) is 2.39. The topological polar surface area (TPSA) is 84.2 Å². The molecule has 0 saturated heterocycles. The summed E-state index contributed by atoms with van der Waals surface area (Å²) < 4.78 is 6.15. The second-order valence-corrected chi connectivity index (χ2v) is 7.62. The summed E-state index contributed by atoms with van der Waals surface area (Å²) in [4.78, 5) is 29.4. The molecule has 0 bridgehead atoms. The summed E-state index contributed by atoms with van der Waals surface area (Å²) in [6.45, 7) is 3.96. The van der Waals surface area contributed by atoms with Gasteiger partial charge in [0.15, 0.2) is 10.9 Å². The zero-order valence-electron chi connectivity index (χ0n) is 16.0. The van der Waals surface area contributed by atoms with Gasteiger partial charge in [-0.3, -0.25) is 14.9 Å². The third-order valence-corrected chi connectivity index (χ3v) is 5.51. The standard InChI is InChI=1S/C22H19N3O3S/c1-3-14-7-9-16-19(11-14)29-22(24-16)25-20(26)15-8-6-13(2)17(12-15)23-21(27)18-5-4-10-28-18/h4-12H,3H2,1-2H3,(H,23,27)(H,24,25,26). The molecule has 7 heteroatoms. The summed E-state index contributed by atoms with van der Waals surface area (Å²) in [7, 11) is 0. The maximum atomic E-state index is 12.7. The van der Waals surface area contributed by atoms with Gasteiger partial charge in [-0.15, -0.1) is 0 Å². The van der Waals surface area contributed by atoms with E-state index >= 15 is 0 Å². The van der Waals surface area contributed by atoms with Crippen LogP contribution in [0.2, 0.25) is 0 Å². The van der Waals surface area contributed by atoms with Crippen molar-refractivity contribution in [1.29, 1.82) is 0 Å². The van der Waals surface area contributed by atoms with E-state index in [0.29, 0.717) is 16.4 Å². The van der Waals surface area contributed by atoms with Crippen LogP contribution in [0.15, 0.2) is 59.2 Å². The number of nitrogens with one attached hydrogen (secondary N) is 2. The number of furan rings is 1. The normalized spacial score (nSPS) is 10.8. The lowest BCUT2D eigenvalue weighted by Crippen LogP contribution is -2.15. The quantitative estimate of drug-likeness (QED) is 0.474. The van der Waals surface area contributed by atoms with E-state index in [1.807, 2.05) is 19.1 Å². The Morgan fingerprint density at radius 2 is 1.93 bits per heavy atom. The number of carbonyl (C=O) groups excluding carboxylic acids is 2. The Morgan fingerprint density at radius 3 is 2.69 bits per heavy atom. The fourth-order valence-electron chi connectivity index (χ4n) is 2.90. The highest BCUT2D eigenvalue weighted by Gasteiger charge is 2.14. The molecule has 4 aromatic rings. The Hall–Kier alpha value is -3.45. The van der Waals surface area contributed by atoms with Crippen molar-refractivity contribution in [1.82, 2.24) is 4.98 Å². The molecule has 6 nitrogen and oxygen atoms in total. The van der Waals surface area contributed by atoms with Crippen LogP contribution in [0.25, 0.3) is 10.2 Å². The van der Waals surface area contributed by atoms with Gasteiger partial charge in [0, 0.05) is 11.3 Å². The Balaban J connectivity index is 1.53. The monoisotopic (exact) mass is 405 g/mol. The number of hydrogen-bond acceptors (Lipinski definition) is 5. The Labute approximate surface area is 171 Å².